The minimum Gasteiger partial charge on any atom is -0.441 e. The van der Waals surface area contributed by atoms with Gasteiger partial charge in [0.2, 0.25) is 0 Å². The van der Waals surface area contributed by atoms with Crippen molar-refractivity contribution in [3.63, 3.8) is 0 Å². The third-order valence-corrected chi connectivity index (χ3v) is 6.53. The average molecular weight is 465 g/mol. The van der Waals surface area contributed by atoms with E-state index in [1.54, 1.807) is 12.1 Å². The van der Waals surface area contributed by atoms with Crippen LogP contribution in [0.15, 0.2) is 53.2 Å². The highest BCUT2D eigenvalue weighted by Crippen LogP contribution is 2.49. The first-order valence-corrected chi connectivity index (χ1v) is 11.0. The van der Waals surface area contributed by atoms with E-state index in [1.165, 1.54) is 18.2 Å². The number of anilines is 1. The van der Waals surface area contributed by atoms with Crippen molar-refractivity contribution in [2.24, 2.45) is 11.1 Å². The van der Waals surface area contributed by atoms with Crippen LogP contribution < -0.4 is 16.0 Å². The Balaban J connectivity index is 1.09. The van der Waals surface area contributed by atoms with Crippen molar-refractivity contribution in [1.82, 2.24) is 15.5 Å². The van der Waals surface area contributed by atoms with Gasteiger partial charge >= 0.3 is 6.09 Å². The summed E-state index contributed by atoms with van der Waals surface area (Å²) in [4.78, 5) is 30.0. The quantitative estimate of drug-likeness (QED) is 0.573. The maximum Gasteiger partial charge on any atom is 0.407 e. The maximum absolute atomic E-state index is 13.1. The molecule has 1 saturated heterocycles. The van der Waals surface area contributed by atoms with E-state index in [1.807, 2.05) is 18.3 Å². The summed E-state index contributed by atoms with van der Waals surface area (Å²) >= 11 is 0. The number of nitrogens with one attached hydrogen (secondary N) is 1. The molecule has 0 radical (unpaired) electrons. The number of rotatable bonds is 6. The number of hydrogen-bond donors (Lipinski definition) is 2. The van der Waals surface area contributed by atoms with Gasteiger partial charge in [0.1, 0.15) is 11.6 Å². The number of alkyl carbamates (subject to hydrolysis) is 1. The van der Waals surface area contributed by atoms with Crippen LogP contribution in [-0.2, 0) is 11.3 Å². The molecule has 176 valence electrons. The Bertz CT molecular complexity index is 1190. The molecular formula is C24H24FN5O4. The summed E-state index contributed by atoms with van der Waals surface area (Å²) < 4.78 is 23.2. The molecule has 9 nitrogen and oxygen atoms in total. The topological polar surface area (TPSA) is 124 Å². The van der Waals surface area contributed by atoms with Gasteiger partial charge < -0.3 is 25.2 Å². The molecule has 3 heterocycles. The zero-order chi connectivity index (χ0) is 23.7. The van der Waals surface area contributed by atoms with Crippen LogP contribution in [0.3, 0.4) is 0 Å². The molecule has 2 aliphatic rings. The number of carbonyl (C=O) groups excluding carboxylic acids is 2. The summed E-state index contributed by atoms with van der Waals surface area (Å²) in [5.41, 5.74) is 7.14. The third-order valence-electron chi connectivity index (χ3n) is 6.53. The van der Waals surface area contributed by atoms with Gasteiger partial charge in [-0.1, -0.05) is 17.3 Å². The van der Waals surface area contributed by atoms with Crippen LogP contribution in [-0.4, -0.2) is 41.3 Å². The Morgan fingerprint density at radius 1 is 1.21 bits per heavy atom. The highest BCUT2D eigenvalue weighted by molar-refractivity contribution is 5.90. The standard InChI is InChI=1S/C24H24FN5O4/c25-17-4-1-15(2-5-17)16-3-6-21(27-12-16)30-8-7-24(14-30)10-18(11-24)28-23(32)33-13-19-9-20(22(26)31)29-34-19/h1-6,9,12,18H,7-8,10-11,13-14H2,(H2,26,31)(H,28,32). The Labute approximate surface area is 195 Å². The Hall–Kier alpha value is -3.95. The normalized spacial score (nSPS) is 21.3. The maximum atomic E-state index is 13.1. The molecule has 1 spiro atoms. The van der Waals surface area contributed by atoms with E-state index >= 15 is 0 Å². The van der Waals surface area contributed by atoms with Crippen molar-refractivity contribution in [3.8, 4) is 11.1 Å². The summed E-state index contributed by atoms with van der Waals surface area (Å²) in [6.45, 7) is 1.67. The Morgan fingerprint density at radius 3 is 2.65 bits per heavy atom. The SMILES string of the molecule is NC(=O)c1cc(COC(=O)NC2CC3(CCN(c4ccc(-c5ccc(F)cc5)cn4)C3)C2)on1. The van der Waals surface area contributed by atoms with Crippen LogP contribution in [0.5, 0.6) is 0 Å². The fourth-order valence-corrected chi connectivity index (χ4v) is 4.78. The Kier molecular flexibility index (Phi) is 5.64. The molecular weight excluding hydrogens is 441 g/mol. The molecule has 0 unspecified atom stereocenters. The van der Waals surface area contributed by atoms with Crippen LogP contribution in [0.2, 0.25) is 0 Å². The van der Waals surface area contributed by atoms with Crippen molar-refractivity contribution in [3.05, 3.63) is 65.9 Å². The lowest BCUT2D eigenvalue weighted by Gasteiger charge is -2.45. The minimum atomic E-state index is -0.705. The molecule has 34 heavy (non-hydrogen) atoms. The second-order valence-corrected chi connectivity index (χ2v) is 8.95. The summed E-state index contributed by atoms with van der Waals surface area (Å²) in [5, 5.41) is 6.38. The van der Waals surface area contributed by atoms with Gasteiger partial charge in [-0.25, -0.2) is 14.2 Å². The Morgan fingerprint density at radius 2 is 1.97 bits per heavy atom. The largest absolute Gasteiger partial charge is 0.441 e. The summed E-state index contributed by atoms with van der Waals surface area (Å²) in [6.07, 6.45) is 4.07. The molecule has 2 aromatic heterocycles. The van der Waals surface area contributed by atoms with Crippen molar-refractivity contribution >= 4 is 17.8 Å². The van der Waals surface area contributed by atoms with E-state index in [4.69, 9.17) is 15.0 Å². The molecule has 0 bridgehead atoms. The molecule has 2 fully saturated rings. The smallest absolute Gasteiger partial charge is 0.407 e. The van der Waals surface area contributed by atoms with Gasteiger partial charge in [-0.2, -0.15) is 0 Å². The van der Waals surface area contributed by atoms with Gasteiger partial charge in [-0.3, -0.25) is 4.79 Å². The van der Waals surface area contributed by atoms with Crippen molar-refractivity contribution in [2.75, 3.05) is 18.0 Å². The molecule has 10 heteroatoms. The second-order valence-electron chi connectivity index (χ2n) is 8.95. The highest BCUT2D eigenvalue weighted by atomic mass is 19.1. The number of primary amides is 1. The van der Waals surface area contributed by atoms with E-state index in [0.29, 0.717) is 0 Å². The first-order valence-electron chi connectivity index (χ1n) is 11.0. The molecule has 1 aromatic carbocycles. The molecule has 2 amide bonds. The fourth-order valence-electron chi connectivity index (χ4n) is 4.78. The van der Waals surface area contributed by atoms with Gasteiger partial charge in [-0.05, 0) is 54.5 Å². The molecule has 1 aliphatic carbocycles. The molecule has 1 saturated carbocycles. The number of carbonyl (C=O) groups is 2. The van der Waals surface area contributed by atoms with Gasteiger partial charge in [0.15, 0.2) is 18.1 Å². The number of benzene rings is 1. The number of amides is 2. The van der Waals surface area contributed by atoms with Gasteiger partial charge in [0, 0.05) is 37.0 Å². The first kappa shape index (κ1) is 21.9. The summed E-state index contributed by atoms with van der Waals surface area (Å²) in [6, 6.07) is 11.8. The van der Waals surface area contributed by atoms with Crippen LogP contribution in [0.4, 0.5) is 15.0 Å². The molecule has 3 N–H and O–H groups in total. The van der Waals surface area contributed by atoms with Crippen LogP contribution in [0.25, 0.3) is 11.1 Å². The lowest BCUT2D eigenvalue weighted by Crippen LogP contribution is -2.52. The van der Waals surface area contributed by atoms with Crippen LogP contribution >= 0.6 is 0 Å². The summed E-state index contributed by atoms with van der Waals surface area (Å²) in [7, 11) is 0. The predicted molar refractivity (Wildman–Crippen MR) is 120 cm³/mol. The lowest BCUT2D eigenvalue weighted by molar-refractivity contribution is 0.0821. The van der Waals surface area contributed by atoms with Crippen LogP contribution in [0, 0.1) is 11.2 Å². The monoisotopic (exact) mass is 465 g/mol. The fraction of sp³-hybridized carbons (Fsp3) is 0.333. The number of pyridine rings is 1. The third kappa shape index (κ3) is 4.57. The zero-order valence-electron chi connectivity index (χ0n) is 18.4. The molecule has 3 aromatic rings. The molecule has 1 aliphatic heterocycles. The minimum absolute atomic E-state index is 0.00897. The number of ether oxygens (including phenoxy) is 1. The van der Waals surface area contributed by atoms with Crippen LogP contribution in [0.1, 0.15) is 35.5 Å². The number of aromatic nitrogens is 2. The highest BCUT2D eigenvalue weighted by Gasteiger charge is 2.49. The number of nitrogens with two attached hydrogens (primary N) is 1. The predicted octanol–water partition coefficient (Wildman–Crippen LogP) is 3.26. The number of halogens is 1. The average Bonchev–Trinajstić information content (AvgIpc) is 3.46. The second kappa shape index (κ2) is 8.77. The van der Waals surface area contributed by atoms with E-state index in [0.717, 1.165) is 49.3 Å². The van der Waals surface area contributed by atoms with Gasteiger partial charge in [0.05, 0.1) is 0 Å². The van der Waals surface area contributed by atoms with Gasteiger partial charge in [-0.15, -0.1) is 0 Å². The number of hydrogen-bond acceptors (Lipinski definition) is 7. The zero-order valence-corrected chi connectivity index (χ0v) is 18.4. The van der Waals surface area contributed by atoms with E-state index < -0.39 is 12.0 Å². The lowest BCUT2D eigenvalue weighted by atomic mass is 9.65. The molecule has 0 atom stereocenters. The van der Waals surface area contributed by atoms with E-state index in [2.05, 4.69) is 20.4 Å². The van der Waals surface area contributed by atoms with E-state index in [9.17, 15) is 14.0 Å². The van der Waals surface area contributed by atoms with Crippen molar-refractivity contribution in [2.45, 2.75) is 31.9 Å². The van der Waals surface area contributed by atoms with Gasteiger partial charge in [0.25, 0.3) is 5.91 Å². The number of nitrogens with zero attached hydrogens (tertiary/aromatic N) is 3. The van der Waals surface area contributed by atoms with Crippen molar-refractivity contribution in [1.29, 1.82) is 0 Å². The molecule has 5 rings (SSSR count). The van der Waals surface area contributed by atoms with E-state index in [-0.39, 0.29) is 35.3 Å². The van der Waals surface area contributed by atoms with Crippen molar-refractivity contribution < 1.29 is 23.2 Å². The summed E-state index contributed by atoms with van der Waals surface area (Å²) in [5.74, 6) is 0.203. The first-order chi connectivity index (χ1) is 16.4.